The molecule has 60 heavy (non-hydrogen) atoms. The first kappa shape index (κ1) is 63.5. The summed E-state index contributed by atoms with van der Waals surface area (Å²) in [7, 11) is -9.13. The Balaban J connectivity index is -0.000000212. The van der Waals surface area contributed by atoms with E-state index in [4.69, 9.17) is 22.9 Å². The predicted octanol–water partition coefficient (Wildman–Crippen LogP) is -1.93. The summed E-state index contributed by atoms with van der Waals surface area (Å²) in [6.45, 7) is 0. The van der Waals surface area contributed by atoms with Crippen LogP contribution in [0.25, 0.3) is 10.8 Å². The molecule has 6 aromatic rings. The van der Waals surface area contributed by atoms with E-state index >= 15 is 0 Å². The van der Waals surface area contributed by atoms with Crippen LogP contribution >= 0.6 is 0 Å². The SMILES string of the molecule is NC(=O)c1ccncc1.NC(=O)c1ccncc1.NC(=O)c1ccncc1.NC(=O)c1ccncc1.O.O.O.O.O=S(=O)([O-])c1ccc2cc(S(=O)(=O)[O-])ccc2c1.[Ag+].[Ag+]. The molecule has 0 saturated carbocycles. The molecule has 4 aromatic heterocycles. The number of hydrogen-bond donors (Lipinski definition) is 4. The molecule has 0 aliphatic rings. The Labute approximate surface area is 373 Å². The van der Waals surface area contributed by atoms with E-state index in [1.54, 1.807) is 48.5 Å². The number of nitrogens with two attached hydrogens (primary N) is 4. The number of nitrogens with zero attached hydrogens (tertiary/aromatic N) is 4. The van der Waals surface area contributed by atoms with Crippen LogP contribution in [0.3, 0.4) is 0 Å². The molecule has 16 N–H and O–H groups in total. The molecule has 26 heteroatoms. The third kappa shape index (κ3) is 23.7. The Kier molecular flexibility index (Phi) is 33.1. The van der Waals surface area contributed by atoms with Crippen molar-refractivity contribution in [2.45, 2.75) is 9.79 Å². The smallest absolute Gasteiger partial charge is 0.744 e. The van der Waals surface area contributed by atoms with Gasteiger partial charge in [-0.25, -0.2) is 16.8 Å². The van der Waals surface area contributed by atoms with Gasteiger partial charge in [0, 0.05) is 71.8 Å². The Hall–Kier alpha value is -5.68. The number of rotatable bonds is 6. The normalized spacial score (nSPS) is 9.17. The first-order valence-electron chi connectivity index (χ1n) is 14.6. The van der Waals surface area contributed by atoms with Gasteiger partial charge < -0.3 is 53.9 Å². The van der Waals surface area contributed by atoms with Crippen molar-refractivity contribution < 1.29 is 112 Å². The van der Waals surface area contributed by atoms with Crippen LogP contribution in [-0.2, 0) is 65.0 Å². The Bertz CT molecular complexity index is 2140. The fourth-order valence-electron chi connectivity index (χ4n) is 3.58. The number of fused-ring (bicyclic) bond motifs is 1. The van der Waals surface area contributed by atoms with Crippen molar-refractivity contribution in [1.29, 1.82) is 0 Å². The molecule has 22 nitrogen and oxygen atoms in total. The Morgan fingerprint density at radius 3 is 0.700 bits per heavy atom. The summed E-state index contributed by atoms with van der Waals surface area (Å²) in [5, 5.41) is 0.721. The number of amides is 4. The van der Waals surface area contributed by atoms with Crippen molar-refractivity contribution in [3.63, 3.8) is 0 Å². The van der Waals surface area contributed by atoms with Crippen LogP contribution < -0.4 is 22.9 Å². The molecule has 4 heterocycles. The van der Waals surface area contributed by atoms with Gasteiger partial charge in [0.2, 0.25) is 23.6 Å². The van der Waals surface area contributed by atoms with Gasteiger partial charge in [-0.1, -0.05) is 12.1 Å². The summed E-state index contributed by atoms with van der Waals surface area (Å²) in [5.41, 5.74) is 21.8. The summed E-state index contributed by atoms with van der Waals surface area (Å²) in [6, 6.07) is 19.5. The maximum absolute atomic E-state index is 10.8. The maximum atomic E-state index is 10.8. The van der Waals surface area contributed by atoms with Crippen LogP contribution in [0.1, 0.15) is 41.4 Å². The number of primary amides is 4. The van der Waals surface area contributed by atoms with Gasteiger partial charge in [-0.15, -0.1) is 0 Å². The van der Waals surface area contributed by atoms with Gasteiger partial charge in [0.15, 0.2) is 0 Å². The summed E-state index contributed by atoms with van der Waals surface area (Å²) >= 11 is 0. The third-order valence-electron chi connectivity index (χ3n) is 6.22. The van der Waals surface area contributed by atoms with Gasteiger partial charge in [0.1, 0.15) is 20.2 Å². The van der Waals surface area contributed by atoms with Crippen LogP contribution in [0.2, 0.25) is 0 Å². The van der Waals surface area contributed by atoms with E-state index < -0.39 is 53.7 Å². The number of carbonyl (C=O) groups is 4. The molecule has 6 rings (SSSR count). The van der Waals surface area contributed by atoms with Gasteiger partial charge in [-0.05, 0) is 83.6 Å². The van der Waals surface area contributed by atoms with Crippen LogP contribution in [-0.4, -0.2) is 91.4 Å². The molecule has 4 amide bonds. The Morgan fingerprint density at radius 2 is 0.567 bits per heavy atom. The molecule has 0 atom stereocenters. The molecule has 0 saturated heterocycles. The zero-order valence-corrected chi connectivity index (χ0v) is 34.9. The van der Waals surface area contributed by atoms with Crippen LogP contribution in [0.4, 0.5) is 0 Å². The number of aromatic nitrogens is 4. The Morgan fingerprint density at radius 1 is 0.383 bits per heavy atom. The quantitative estimate of drug-likeness (QED) is 0.104. The molecule has 0 fully saturated rings. The van der Waals surface area contributed by atoms with E-state index in [1.807, 2.05) is 0 Å². The summed E-state index contributed by atoms with van der Waals surface area (Å²) in [6.07, 6.45) is 12.2. The minimum atomic E-state index is -4.56. The van der Waals surface area contributed by atoms with E-state index in [9.17, 15) is 45.1 Å². The number of pyridine rings is 4. The summed E-state index contributed by atoms with van der Waals surface area (Å²) < 4.78 is 64.8. The zero-order valence-electron chi connectivity index (χ0n) is 30.3. The molecule has 2 aromatic carbocycles. The van der Waals surface area contributed by atoms with E-state index in [0.29, 0.717) is 33.0 Å². The average molecular weight is 1060 g/mol. The largest absolute Gasteiger partial charge is 1.00 e. The van der Waals surface area contributed by atoms with Crippen molar-refractivity contribution in [3.8, 4) is 0 Å². The second-order valence-corrected chi connectivity index (χ2v) is 12.7. The van der Waals surface area contributed by atoms with Crippen molar-refractivity contribution >= 4 is 54.6 Å². The predicted molar refractivity (Wildman–Crippen MR) is 205 cm³/mol. The summed E-state index contributed by atoms with van der Waals surface area (Å²) in [5.74, 6) is -1.68. The molecule has 0 spiro atoms. The number of hydrogen-bond acceptors (Lipinski definition) is 14. The molecule has 332 valence electrons. The van der Waals surface area contributed by atoms with Crippen LogP contribution in [0.5, 0.6) is 0 Å². The first-order chi connectivity index (χ1) is 25.4. The molecule has 0 unspecified atom stereocenters. The van der Waals surface area contributed by atoms with E-state index in [1.165, 1.54) is 61.7 Å². The van der Waals surface area contributed by atoms with Crippen molar-refractivity contribution in [2.75, 3.05) is 0 Å². The van der Waals surface area contributed by atoms with Crippen molar-refractivity contribution in [1.82, 2.24) is 19.9 Å². The molecule has 0 bridgehead atoms. The molecular weight excluding hydrogens is 1020 g/mol. The first-order valence-corrected chi connectivity index (χ1v) is 17.5. The molecule has 0 aliphatic carbocycles. The fourth-order valence-corrected chi connectivity index (χ4v) is 4.59. The molecule has 0 aliphatic heterocycles. The third-order valence-corrected chi connectivity index (χ3v) is 7.88. The maximum Gasteiger partial charge on any atom is 1.00 e. The second kappa shape index (κ2) is 31.3. The van der Waals surface area contributed by atoms with Gasteiger partial charge in [0.05, 0.1) is 9.79 Å². The van der Waals surface area contributed by atoms with Crippen molar-refractivity contribution in [3.05, 3.63) is 157 Å². The minimum Gasteiger partial charge on any atom is -0.744 e. The van der Waals surface area contributed by atoms with Crippen molar-refractivity contribution in [2.24, 2.45) is 22.9 Å². The van der Waals surface area contributed by atoms with Gasteiger partial charge in [-0.2, -0.15) is 0 Å². The van der Waals surface area contributed by atoms with E-state index in [2.05, 4.69) is 19.9 Å². The van der Waals surface area contributed by atoms with Crippen LogP contribution in [0.15, 0.2) is 144 Å². The fraction of sp³-hybridized carbons (Fsp3) is 0. The number of benzene rings is 2. The van der Waals surface area contributed by atoms with E-state index in [-0.39, 0.29) is 66.7 Å². The standard InChI is InChI=1S/C10H8O6S2.4C6H6N2O.2Ag.4H2O/c11-17(12,13)9-3-1-7-5-10(18(14,15)16)4-2-8(7)6-9;4*7-6(9)5-1-3-8-4-2-5;;;;;;/h1-6H,(H,11,12,13)(H,14,15,16);4*1-4H,(H2,7,9);;;4*1H2/q;;;;;2*+1;;;;/p-2. The summed E-state index contributed by atoms with van der Waals surface area (Å²) in [4.78, 5) is 55.6. The van der Waals surface area contributed by atoms with Gasteiger partial charge in [-0.3, -0.25) is 39.1 Å². The van der Waals surface area contributed by atoms with Gasteiger partial charge >= 0.3 is 44.8 Å². The van der Waals surface area contributed by atoms with Gasteiger partial charge in [0.25, 0.3) is 0 Å². The van der Waals surface area contributed by atoms with Crippen LogP contribution in [0, 0.1) is 0 Å². The molecular formula is C34H38Ag2N8O14S2. The topological polar surface area (TPSA) is 464 Å². The number of carbonyl (C=O) groups excluding carboxylic acids is 4. The molecule has 0 radical (unpaired) electrons. The average Bonchev–Trinajstić information content (AvgIpc) is 3.16. The van der Waals surface area contributed by atoms with E-state index in [0.717, 1.165) is 24.3 Å². The minimum absolute atomic E-state index is 0. The monoisotopic (exact) mass is 1060 g/mol. The zero-order chi connectivity index (χ0) is 40.3. The second-order valence-electron chi connectivity index (χ2n) is 9.98.